The van der Waals surface area contributed by atoms with Crippen LogP contribution in [0.5, 0.6) is 5.75 Å². The van der Waals surface area contributed by atoms with E-state index in [0.717, 1.165) is 30.9 Å². The molecule has 1 aliphatic rings. The van der Waals surface area contributed by atoms with Crippen molar-refractivity contribution in [1.82, 2.24) is 29.8 Å². The predicted octanol–water partition coefficient (Wildman–Crippen LogP) is 2.95. The Bertz CT molecular complexity index is 1820. The molecule has 1 fully saturated rings. The molecule has 1 unspecified atom stereocenters. The number of ether oxygens (including phenoxy) is 1. The van der Waals surface area contributed by atoms with Gasteiger partial charge in [0.25, 0.3) is 5.56 Å². The monoisotopic (exact) mass is 555 g/mol. The Kier molecular flexibility index (Phi) is 6.93. The minimum Gasteiger partial charge on any atom is -0.489 e. The molecule has 0 saturated carbocycles. The first kappa shape index (κ1) is 25.6. The summed E-state index contributed by atoms with van der Waals surface area (Å²) < 4.78 is 34.1. The van der Waals surface area contributed by atoms with Crippen LogP contribution in [0.2, 0.25) is 0 Å². The van der Waals surface area contributed by atoms with Gasteiger partial charge >= 0.3 is 0 Å². The summed E-state index contributed by atoms with van der Waals surface area (Å²) in [6, 6.07) is 15.0. The van der Waals surface area contributed by atoms with E-state index in [2.05, 4.69) is 30.6 Å². The van der Waals surface area contributed by atoms with Crippen LogP contribution in [0.3, 0.4) is 0 Å². The second kappa shape index (κ2) is 10.8. The van der Waals surface area contributed by atoms with E-state index in [4.69, 9.17) is 4.74 Å². The zero-order valence-electron chi connectivity index (χ0n) is 21.3. The van der Waals surface area contributed by atoms with Gasteiger partial charge in [-0.25, -0.2) is 13.4 Å². The Balaban J connectivity index is 1.30. The normalized spacial score (nSPS) is 15.2. The SMILES string of the molecule is O=c1ccc2cnc(Nc3ccc(OC4CCNC4)cc3)nc2n1Cc1ccncc1S(=O)(=O)c1ccncc1. The summed E-state index contributed by atoms with van der Waals surface area (Å²) in [5, 5.41) is 7.08. The number of pyridine rings is 3. The average molecular weight is 556 g/mol. The third-order valence-electron chi connectivity index (χ3n) is 6.60. The lowest BCUT2D eigenvalue weighted by Crippen LogP contribution is -2.22. The van der Waals surface area contributed by atoms with Crippen LogP contribution < -0.4 is 20.9 Å². The largest absolute Gasteiger partial charge is 0.489 e. The molecule has 1 atom stereocenters. The Morgan fingerprint density at radius 2 is 1.77 bits per heavy atom. The number of benzene rings is 1. The van der Waals surface area contributed by atoms with Crippen molar-refractivity contribution in [3.05, 3.63) is 101 Å². The molecule has 6 rings (SSSR count). The maximum atomic E-state index is 13.4. The van der Waals surface area contributed by atoms with E-state index in [0.29, 0.717) is 22.5 Å². The quantitative estimate of drug-likeness (QED) is 0.294. The van der Waals surface area contributed by atoms with E-state index < -0.39 is 9.84 Å². The number of rotatable bonds is 8. The minimum atomic E-state index is -3.89. The van der Waals surface area contributed by atoms with Gasteiger partial charge in [-0.1, -0.05) is 0 Å². The molecule has 4 aromatic heterocycles. The highest BCUT2D eigenvalue weighted by Crippen LogP contribution is 2.25. The fraction of sp³-hybridized carbons (Fsp3) is 0.179. The van der Waals surface area contributed by atoms with E-state index in [9.17, 15) is 13.2 Å². The van der Waals surface area contributed by atoms with Gasteiger partial charge in [0.1, 0.15) is 17.5 Å². The molecule has 40 heavy (non-hydrogen) atoms. The van der Waals surface area contributed by atoms with Crippen molar-refractivity contribution in [3.8, 4) is 5.75 Å². The highest BCUT2D eigenvalue weighted by molar-refractivity contribution is 7.91. The van der Waals surface area contributed by atoms with Crippen LogP contribution in [-0.4, -0.2) is 52.1 Å². The molecule has 1 aromatic carbocycles. The second-order valence-electron chi connectivity index (χ2n) is 9.28. The minimum absolute atomic E-state index is 0.00759. The molecule has 0 amide bonds. The molecule has 0 spiro atoms. The molecular formula is C28H25N7O4S. The van der Waals surface area contributed by atoms with Gasteiger partial charge in [0.15, 0.2) is 0 Å². The molecule has 11 nitrogen and oxygen atoms in total. The summed E-state index contributed by atoms with van der Waals surface area (Å²) in [6.07, 6.45) is 8.37. The van der Waals surface area contributed by atoms with Gasteiger partial charge in [-0.15, -0.1) is 0 Å². The summed E-state index contributed by atoms with van der Waals surface area (Å²) in [6.45, 7) is 1.76. The summed E-state index contributed by atoms with van der Waals surface area (Å²) >= 11 is 0. The van der Waals surface area contributed by atoms with Crippen LogP contribution in [-0.2, 0) is 16.4 Å². The lowest BCUT2D eigenvalue weighted by atomic mass is 10.2. The molecule has 0 aliphatic carbocycles. The van der Waals surface area contributed by atoms with Crippen LogP contribution in [0, 0.1) is 0 Å². The van der Waals surface area contributed by atoms with Crippen LogP contribution in [0.15, 0.2) is 100 Å². The Labute approximate surface area is 229 Å². The molecule has 0 radical (unpaired) electrons. The van der Waals surface area contributed by atoms with Crippen molar-refractivity contribution in [3.63, 3.8) is 0 Å². The van der Waals surface area contributed by atoms with Crippen molar-refractivity contribution < 1.29 is 13.2 Å². The van der Waals surface area contributed by atoms with Gasteiger partial charge in [0.05, 0.1) is 16.3 Å². The molecule has 1 saturated heterocycles. The summed E-state index contributed by atoms with van der Waals surface area (Å²) in [4.78, 5) is 30.0. The third-order valence-corrected chi connectivity index (χ3v) is 8.44. The molecule has 1 aliphatic heterocycles. The van der Waals surface area contributed by atoms with Gasteiger partial charge in [0.2, 0.25) is 15.8 Å². The van der Waals surface area contributed by atoms with Gasteiger partial charge in [-0.2, -0.15) is 4.98 Å². The fourth-order valence-electron chi connectivity index (χ4n) is 4.55. The Morgan fingerprint density at radius 1 is 0.975 bits per heavy atom. The molecule has 0 bridgehead atoms. The summed E-state index contributed by atoms with van der Waals surface area (Å²) in [5.41, 5.74) is 1.19. The maximum absolute atomic E-state index is 13.4. The van der Waals surface area contributed by atoms with Crippen molar-refractivity contribution >= 4 is 32.5 Å². The standard InChI is InChI=1S/C28H25N7O4S/c36-26-6-1-19-15-32-28(33-21-2-4-22(5-3-21)39-23-8-12-30-16-23)34-27(19)35(26)18-20-7-11-31-17-25(20)40(37,38)24-9-13-29-14-10-24/h1-7,9-11,13-15,17,23,30H,8,12,16,18H2,(H,32,33,34). The van der Waals surface area contributed by atoms with Crippen LogP contribution in [0.1, 0.15) is 12.0 Å². The zero-order chi connectivity index (χ0) is 27.5. The Hall–Kier alpha value is -4.68. The molecule has 12 heteroatoms. The van der Waals surface area contributed by atoms with Gasteiger partial charge < -0.3 is 15.4 Å². The first-order chi connectivity index (χ1) is 19.5. The predicted molar refractivity (Wildman–Crippen MR) is 148 cm³/mol. The fourth-order valence-corrected chi connectivity index (χ4v) is 5.96. The topological polar surface area (TPSA) is 141 Å². The van der Waals surface area contributed by atoms with Crippen molar-refractivity contribution in [1.29, 1.82) is 0 Å². The number of anilines is 2. The lowest BCUT2D eigenvalue weighted by molar-refractivity contribution is 0.223. The highest BCUT2D eigenvalue weighted by Gasteiger charge is 2.22. The number of hydrogen-bond acceptors (Lipinski definition) is 10. The number of aromatic nitrogens is 5. The number of nitrogens with zero attached hydrogens (tertiary/aromatic N) is 5. The van der Waals surface area contributed by atoms with E-state index in [1.807, 2.05) is 24.3 Å². The smallest absolute Gasteiger partial charge is 0.252 e. The number of hydrogen-bond donors (Lipinski definition) is 2. The molecule has 5 heterocycles. The first-order valence-electron chi connectivity index (χ1n) is 12.7. The number of fused-ring (bicyclic) bond motifs is 1. The molecule has 5 aromatic rings. The highest BCUT2D eigenvalue weighted by atomic mass is 32.2. The zero-order valence-corrected chi connectivity index (χ0v) is 22.1. The van der Waals surface area contributed by atoms with Gasteiger partial charge in [-0.05, 0) is 67.1 Å². The molecular weight excluding hydrogens is 530 g/mol. The summed E-state index contributed by atoms with van der Waals surface area (Å²) in [5.74, 6) is 1.07. The van der Waals surface area contributed by atoms with Crippen molar-refractivity contribution in [2.75, 3.05) is 18.4 Å². The van der Waals surface area contributed by atoms with Crippen LogP contribution >= 0.6 is 0 Å². The maximum Gasteiger partial charge on any atom is 0.252 e. The van der Waals surface area contributed by atoms with Crippen molar-refractivity contribution in [2.24, 2.45) is 0 Å². The summed E-state index contributed by atoms with van der Waals surface area (Å²) in [7, 11) is -3.89. The van der Waals surface area contributed by atoms with Crippen LogP contribution in [0.4, 0.5) is 11.6 Å². The molecule has 202 valence electrons. The van der Waals surface area contributed by atoms with Crippen LogP contribution in [0.25, 0.3) is 11.0 Å². The number of nitrogens with one attached hydrogen (secondary N) is 2. The van der Waals surface area contributed by atoms with Crippen molar-refractivity contribution in [2.45, 2.75) is 28.9 Å². The van der Waals surface area contributed by atoms with E-state index in [1.165, 1.54) is 47.6 Å². The number of sulfone groups is 1. The molecule has 2 N–H and O–H groups in total. The van der Waals surface area contributed by atoms with E-state index in [1.54, 1.807) is 18.3 Å². The van der Waals surface area contributed by atoms with Gasteiger partial charge in [-0.3, -0.25) is 19.3 Å². The lowest BCUT2D eigenvalue weighted by Gasteiger charge is -2.14. The Morgan fingerprint density at radius 3 is 2.55 bits per heavy atom. The second-order valence-corrected chi connectivity index (χ2v) is 11.2. The van der Waals surface area contributed by atoms with E-state index in [-0.39, 0.29) is 28.0 Å². The average Bonchev–Trinajstić information content (AvgIpc) is 3.49. The van der Waals surface area contributed by atoms with Gasteiger partial charge in [0, 0.05) is 54.7 Å². The van der Waals surface area contributed by atoms with E-state index >= 15 is 0 Å². The third kappa shape index (κ3) is 5.26. The first-order valence-corrected chi connectivity index (χ1v) is 14.1.